The van der Waals surface area contributed by atoms with Gasteiger partial charge in [-0.2, -0.15) is 0 Å². The SMILES string of the molecule is COC(=O)N[C@@H](CC/C=C/C(=O)N(C)C)C(=O)Nc1cccn(Cc2nc3c(CC(C)C)nc(C)nc3n2C(=O)OC(C)(C)C)c1=O. The number of fused-ring (bicyclic) bond motifs is 1. The standard InChI is InChI=1S/C32H44N8O7/c1-19(2)17-23-26-27(34-20(3)33-23)40(31(45)47-32(4,5)6)24(37-26)18-39-16-12-14-22(29(39)43)35-28(42)21(36-30(44)46-9)13-10-11-15-25(41)38(7)8/h11-12,14-16,19,21H,10,13,17-18H2,1-9H3,(H,35,42)(H,36,44)/b15-11+/t21-/m0/s1. The second-order valence-electron chi connectivity index (χ2n) is 12.6. The number of amides is 3. The maximum Gasteiger partial charge on any atom is 0.421 e. The van der Waals surface area contributed by atoms with Gasteiger partial charge in [-0.15, -0.1) is 0 Å². The van der Waals surface area contributed by atoms with E-state index >= 15 is 0 Å². The maximum absolute atomic E-state index is 13.6. The molecule has 254 valence electrons. The molecule has 3 rings (SSSR count). The molecule has 15 nitrogen and oxygen atoms in total. The van der Waals surface area contributed by atoms with Crippen molar-refractivity contribution in [1.82, 2.24) is 34.3 Å². The zero-order chi connectivity index (χ0) is 35.1. The number of allylic oxidation sites excluding steroid dienone is 1. The fraction of sp³-hybridized carbons (Fsp3) is 0.500. The average Bonchev–Trinajstić information content (AvgIpc) is 3.33. The van der Waals surface area contributed by atoms with Crippen LogP contribution >= 0.6 is 0 Å². The molecule has 0 fully saturated rings. The number of imidazole rings is 1. The molecule has 47 heavy (non-hydrogen) atoms. The monoisotopic (exact) mass is 652 g/mol. The molecule has 0 aliphatic rings. The van der Waals surface area contributed by atoms with E-state index in [0.717, 1.165) is 0 Å². The summed E-state index contributed by atoms with van der Waals surface area (Å²) in [7, 11) is 4.39. The number of nitrogens with one attached hydrogen (secondary N) is 2. The first kappa shape index (κ1) is 36.4. The third-order valence-corrected chi connectivity index (χ3v) is 6.65. The van der Waals surface area contributed by atoms with Crippen molar-refractivity contribution in [3.8, 4) is 0 Å². The Morgan fingerprint density at radius 1 is 1.11 bits per heavy atom. The summed E-state index contributed by atoms with van der Waals surface area (Å²) in [5, 5.41) is 5.04. The lowest BCUT2D eigenvalue weighted by Crippen LogP contribution is -2.44. The number of aromatic nitrogens is 5. The lowest BCUT2D eigenvalue weighted by Gasteiger charge is -2.20. The van der Waals surface area contributed by atoms with Crippen molar-refractivity contribution in [2.45, 2.75) is 79.0 Å². The third kappa shape index (κ3) is 9.95. The minimum Gasteiger partial charge on any atom is -0.453 e. The molecular formula is C32H44N8O7. The highest BCUT2D eigenvalue weighted by Gasteiger charge is 2.27. The number of anilines is 1. The van der Waals surface area contributed by atoms with Gasteiger partial charge in [-0.05, 0) is 71.1 Å². The second kappa shape index (κ2) is 15.5. The van der Waals surface area contributed by atoms with Crippen molar-refractivity contribution in [2.24, 2.45) is 5.92 Å². The van der Waals surface area contributed by atoms with Gasteiger partial charge >= 0.3 is 12.2 Å². The number of rotatable bonds is 11. The van der Waals surface area contributed by atoms with E-state index in [9.17, 15) is 24.0 Å². The largest absolute Gasteiger partial charge is 0.453 e. The Morgan fingerprint density at radius 2 is 1.81 bits per heavy atom. The van der Waals surface area contributed by atoms with E-state index in [2.05, 4.69) is 25.3 Å². The minimum absolute atomic E-state index is 0.0662. The molecule has 0 unspecified atom stereocenters. The molecule has 3 aromatic rings. The van der Waals surface area contributed by atoms with Gasteiger partial charge in [0.1, 0.15) is 34.5 Å². The Balaban J connectivity index is 1.97. The first-order chi connectivity index (χ1) is 22.0. The third-order valence-electron chi connectivity index (χ3n) is 6.65. The van der Waals surface area contributed by atoms with Crippen molar-refractivity contribution < 1.29 is 28.7 Å². The average molecular weight is 653 g/mol. The number of alkyl carbamates (subject to hydrolysis) is 1. The van der Waals surface area contributed by atoms with Gasteiger partial charge in [0, 0.05) is 20.3 Å². The molecule has 0 bridgehead atoms. The molecule has 0 spiro atoms. The molecule has 0 saturated carbocycles. The Morgan fingerprint density at radius 3 is 2.43 bits per heavy atom. The number of carbonyl (C=O) groups is 4. The summed E-state index contributed by atoms with van der Waals surface area (Å²) in [5.74, 6) is 0.00718. The zero-order valence-corrected chi connectivity index (χ0v) is 28.4. The van der Waals surface area contributed by atoms with E-state index in [1.54, 1.807) is 53.9 Å². The first-order valence-corrected chi connectivity index (χ1v) is 15.2. The Labute approximate surface area is 273 Å². The fourth-order valence-corrected chi connectivity index (χ4v) is 4.51. The summed E-state index contributed by atoms with van der Waals surface area (Å²) in [6, 6.07) is 1.91. The highest BCUT2D eigenvalue weighted by atomic mass is 16.6. The van der Waals surface area contributed by atoms with Gasteiger partial charge in [-0.3, -0.25) is 14.4 Å². The molecule has 0 radical (unpaired) electrons. The van der Waals surface area contributed by atoms with Crippen LogP contribution < -0.4 is 16.2 Å². The summed E-state index contributed by atoms with van der Waals surface area (Å²) >= 11 is 0. The summed E-state index contributed by atoms with van der Waals surface area (Å²) in [6.07, 6.45) is 3.91. The summed E-state index contributed by atoms with van der Waals surface area (Å²) in [5.41, 5.74) is -0.0929. The van der Waals surface area contributed by atoms with E-state index in [0.29, 0.717) is 23.5 Å². The van der Waals surface area contributed by atoms with Gasteiger partial charge in [0.2, 0.25) is 11.8 Å². The van der Waals surface area contributed by atoms with Crippen LogP contribution in [0, 0.1) is 12.8 Å². The first-order valence-electron chi connectivity index (χ1n) is 15.2. The lowest BCUT2D eigenvalue weighted by molar-refractivity contribution is -0.123. The molecule has 3 amide bonds. The number of carbonyl (C=O) groups excluding carboxylic acids is 4. The number of likely N-dealkylation sites (N-methyl/N-ethyl adjacent to an activating group) is 1. The van der Waals surface area contributed by atoms with Gasteiger partial charge in [-0.1, -0.05) is 19.9 Å². The second-order valence-corrected chi connectivity index (χ2v) is 12.6. The number of hydrogen-bond acceptors (Lipinski definition) is 10. The number of aryl methyl sites for hydroxylation is 1. The van der Waals surface area contributed by atoms with Gasteiger partial charge in [0.15, 0.2) is 5.65 Å². The van der Waals surface area contributed by atoms with Crippen LogP contribution in [-0.4, -0.2) is 85.8 Å². The van der Waals surface area contributed by atoms with Gasteiger partial charge in [-0.25, -0.2) is 29.1 Å². The molecule has 0 aliphatic carbocycles. The minimum atomic E-state index is -1.08. The van der Waals surface area contributed by atoms with Crippen LogP contribution in [0.5, 0.6) is 0 Å². The molecule has 3 heterocycles. The van der Waals surface area contributed by atoms with Crippen LogP contribution in [0.15, 0.2) is 35.3 Å². The number of methoxy groups -OCH3 is 1. The molecule has 15 heteroatoms. The number of nitrogens with zero attached hydrogens (tertiary/aromatic N) is 6. The normalized spacial score (nSPS) is 12.3. The summed E-state index contributed by atoms with van der Waals surface area (Å²) in [6.45, 7) is 10.9. The Kier molecular flexibility index (Phi) is 12.0. The van der Waals surface area contributed by atoms with Crippen LogP contribution in [0.25, 0.3) is 11.2 Å². The topological polar surface area (TPSA) is 180 Å². The highest BCUT2D eigenvalue weighted by molar-refractivity contribution is 5.96. The zero-order valence-electron chi connectivity index (χ0n) is 28.4. The molecule has 3 aromatic heterocycles. The molecule has 1 atom stereocenters. The van der Waals surface area contributed by atoms with Gasteiger partial charge < -0.3 is 29.6 Å². The summed E-state index contributed by atoms with van der Waals surface area (Å²) < 4.78 is 12.9. The predicted octanol–water partition coefficient (Wildman–Crippen LogP) is 3.41. The summed E-state index contributed by atoms with van der Waals surface area (Å²) in [4.78, 5) is 79.3. The van der Waals surface area contributed by atoms with E-state index < -0.39 is 35.3 Å². The van der Waals surface area contributed by atoms with E-state index in [4.69, 9.17) is 9.72 Å². The van der Waals surface area contributed by atoms with Gasteiger partial charge in [0.25, 0.3) is 5.56 Å². The quantitative estimate of drug-likeness (QED) is 0.292. The predicted molar refractivity (Wildman–Crippen MR) is 175 cm³/mol. The van der Waals surface area contributed by atoms with Crippen LogP contribution in [0.4, 0.5) is 15.3 Å². The molecule has 0 saturated heterocycles. The lowest BCUT2D eigenvalue weighted by atomic mass is 10.1. The van der Waals surface area contributed by atoms with Crippen molar-refractivity contribution in [3.63, 3.8) is 0 Å². The van der Waals surface area contributed by atoms with Crippen molar-refractivity contribution in [3.05, 3.63) is 58.2 Å². The van der Waals surface area contributed by atoms with Crippen molar-refractivity contribution >= 4 is 40.9 Å². The maximum atomic E-state index is 13.6. The number of hydrogen-bond donors (Lipinski definition) is 2. The Hall–Kier alpha value is -5.08. The Bertz CT molecular complexity index is 1720. The van der Waals surface area contributed by atoms with Crippen LogP contribution in [0.3, 0.4) is 0 Å². The van der Waals surface area contributed by atoms with E-state index in [1.165, 1.54) is 39.5 Å². The number of pyridine rings is 1. The van der Waals surface area contributed by atoms with E-state index in [1.807, 2.05) is 13.8 Å². The van der Waals surface area contributed by atoms with Crippen molar-refractivity contribution in [1.29, 1.82) is 0 Å². The molecule has 2 N–H and O–H groups in total. The van der Waals surface area contributed by atoms with Gasteiger partial charge in [0.05, 0.1) is 19.3 Å². The van der Waals surface area contributed by atoms with Crippen LogP contribution in [0.1, 0.15) is 64.8 Å². The van der Waals surface area contributed by atoms with Crippen LogP contribution in [-0.2, 0) is 32.0 Å². The number of ether oxygens (including phenoxy) is 2. The van der Waals surface area contributed by atoms with Crippen molar-refractivity contribution in [2.75, 3.05) is 26.5 Å². The smallest absolute Gasteiger partial charge is 0.421 e. The highest BCUT2D eigenvalue weighted by Crippen LogP contribution is 2.22. The molecule has 0 aromatic carbocycles. The molecule has 0 aliphatic heterocycles. The van der Waals surface area contributed by atoms with Crippen LogP contribution in [0.2, 0.25) is 0 Å². The molecular weight excluding hydrogens is 608 g/mol. The van der Waals surface area contributed by atoms with E-state index in [-0.39, 0.29) is 48.4 Å². The fourth-order valence-electron chi connectivity index (χ4n) is 4.51.